The summed E-state index contributed by atoms with van der Waals surface area (Å²) in [6, 6.07) is 17.0. The summed E-state index contributed by atoms with van der Waals surface area (Å²) < 4.78 is 5.16. The molecule has 19 heavy (non-hydrogen) atoms. The maximum Gasteiger partial charge on any atom is 0.118 e. The second-order valence-electron chi connectivity index (χ2n) is 4.73. The topological polar surface area (TPSA) is 35.2 Å². The second kappa shape index (κ2) is 6.95. The third kappa shape index (κ3) is 4.11. The van der Waals surface area contributed by atoms with Gasteiger partial charge in [-0.25, -0.2) is 0 Å². The number of ether oxygens (including phenoxy) is 1. The predicted molar refractivity (Wildman–Crippen MR) is 79.6 cm³/mol. The first kappa shape index (κ1) is 13.6. The lowest BCUT2D eigenvalue weighted by atomic mass is 10.0. The molecule has 0 fully saturated rings. The molecule has 0 saturated heterocycles. The summed E-state index contributed by atoms with van der Waals surface area (Å²) in [6.07, 6.45) is 3.08. The lowest BCUT2D eigenvalue weighted by Gasteiger charge is -2.05. The number of rotatable bonds is 6. The molecule has 0 radical (unpaired) electrons. The second-order valence-corrected chi connectivity index (χ2v) is 4.73. The zero-order valence-electron chi connectivity index (χ0n) is 11.4. The van der Waals surface area contributed by atoms with E-state index in [4.69, 9.17) is 10.5 Å². The largest absolute Gasteiger partial charge is 0.497 e. The van der Waals surface area contributed by atoms with E-state index >= 15 is 0 Å². The van der Waals surface area contributed by atoms with E-state index in [1.807, 2.05) is 12.1 Å². The van der Waals surface area contributed by atoms with Crippen LogP contribution in [-0.2, 0) is 12.8 Å². The predicted octanol–water partition coefficient (Wildman–Crippen LogP) is 3.18. The van der Waals surface area contributed by atoms with E-state index < -0.39 is 0 Å². The van der Waals surface area contributed by atoms with Gasteiger partial charge in [0.2, 0.25) is 0 Å². The molecule has 100 valence electrons. The molecule has 0 saturated carbocycles. The minimum Gasteiger partial charge on any atom is -0.497 e. The molecule has 0 amide bonds. The zero-order valence-corrected chi connectivity index (χ0v) is 11.4. The van der Waals surface area contributed by atoms with Crippen LogP contribution in [0.4, 0.5) is 0 Å². The fraction of sp³-hybridized carbons (Fsp3) is 0.294. The minimum absolute atomic E-state index is 0.758. The van der Waals surface area contributed by atoms with Gasteiger partial charge in [-0.05, 0) is 54.6 Å². The van der Waals surface area contributed by atoms with Crippen molar-refractivity contribution in [2.24, 2.45) is 5.73 Å². The van der Waals surface area contributed by atoms with Crippen molar-refractivity contribution in [2.75, 3.05) is 13.7 Å². The van der Waals surface area contributed by atoms with Crippen molar-refractivity contribution in [3.8, 4) is 5.75 Å². The highest BCUT2D eigenvalue weighted by Crippen LogP contribution is 2.15. The molecule has 0 atom stereocenters. The van der Waals surface area contributed by atoms with Crippen molar-refractivity contribution in [1.82, 2.24) is 0 Å². The third-order valence-electron chi connectivity index (χ3n) is 3.26. The number of hydrogen-bond acceptors (Lipinski definition) is 2. The summed E-state index contributed by atoms with van der Waals surface area (Å²) in [5.74, 6) is 0.904. The van der Waals surface area contributed by atoms with Crippen LogP contribution in [0, 0.1) is 0 Å². The Bertz CT molecular complexity index is 488. The first-order chi connectivity index (χ1) is 9.31. The van der Waals surface area contributed by atoms with E-state index in [0.717, 1.165) is 31.6 Å². The van der Waals surface area contributed by atoms with Crippen molar-refractivity contribution in [3.05, 3.63) is 65.2 Å². The van der Waals surface area contributed by atoms with Gasteiger partial charge in [0.1, 0.15) is 5.75 Å². The van der Waals surface area contributed by atoms with Crippen LogP contribution in [0.5, 0.6) is 5.75 Å². The Morgan fingerprint density at radius 1 is 0.842 bits per heavy atom. The summed E-state index contributed by atoms with van der Waals surface area (Å²) in [4.78, 5) is 0. The normalized spacial score (nSPS) is 10.4. The fourth-order valence-corrected chi connectivity index (χ4v) is 2.11. The fourth-order valence-electron chi connectivity index (χ4n) is 2.11. The van der Waals surface area contributed by atoms with Gasteiger partial charge in [0.05, 0.1) is 7.11 Å². The van der Waals surface area contributed by atoms with Gasteiger partial charge in [0.15, 0.2) is 0 Å². The van der Waals surface area contributed by atoms with Crippen LogP contribution in [0.3, 0.4) is 0 Å². The lowest BCUT2D eigenvalue weighted by Crippen LogP contribution is -2.00. The number of methoxy groups -OCH3 is 1. The molecule has 2 N–H and O–H groups in total. The Morgan fingerprint density at radius 2 is 1.37 bits per heavy atom. The summed E-state index contributed by atoms with van der Waals surface area (Å²) in [7, 11) is 1.69. The SMILES string of the molecule is COc1ccc(Cc2ccc(CCCN)cc2)cc1. The van der Waals surface area contributed by atoms with Gasteiger partial charge in [0, 0.05) is 0 Å². The third-order valence-corrected chi connectivity index (χ3v) is 3.26. The lowest BCUT2D eigenvalue weighted by molar-refractivity contribution is 0.414. The Kier molecular flexibility index (Phi) is 4.99. The zero-order chi connectivity index (χ0) is 13.5. The van der Waals surface area contributed by atoms with E-state index in [2.05, 4.69) is 36.4 Å². The van der Waals surface area contributed by atoms with Crippen LogP contribution in [-0.4, -0.2) is 13.7 Å². The Hall–Kier alpha value is -1.80. The molecule has 0 unspecified atom stereocenters. The van der Waals surface area contributed by atoms with Gasteiger partial charge in [-0.1, -0.05) is 36.4 Å². The highest BCUT2D eigenvalue weighted by molar-refractivity contribution is 5.32. The molecule has 0 aromatic heterocycles. The first-order valence-corrected chi connectivity index (χ1v) is 6.72. The quantitative estimate of drug-likeness (QED) is 0.860. The molecule has 0 aliphatic carbocycles. The van der Waals surface area contributed by atoms with Crippen LogP contribution in [0.25, 0.3) is 0 Å². The molecule has 0 aliphatic rings. The number of hydrogen-bond donors (Lipinski definition) is 1. The average molecular weight is 255 g/mol. The van der Waals surface area contributed by atoms with Crippen molar-refractivity contribution in [3.63, 3.8) is 0 Å². The van der Waals surface area contributed by atoms with Crippen molar-refractivity contribution >= 4 is 0 Å². The van der Waals surface area contributed by atoms with E-state index in [1.54, 1.807) is 7.11 Å². The maximum atomic E-state index is 5.52. The van der Waals surface area contributed by atoms with Crippen molar-refractivity contribution in [1.29, 1.82) is 0 Å². The molecular formula is C17H21NO. The molecule has 0 bridgehead atoms. The summed E-state index contributed by atoms with van der Waals surface area (Å²) in [5, 5.41) is 0. The van der Waals surface area contributed by atoms with Crippen LogP contribution < -0.4 is 10.5 Å². The molecule has 2 heteroatoms. The van der Waals surface area contributed by atoms with Gasteiger partial charge in [-0.3, -0.25) is 0 Å². The van der Waals surface area contributed by atoms with Gasteiger partial charge >= 0.3 is 0 Å². The Morgan fingerprint density at radius 3 is 1.89 bits per heavy atom. The van der Waals surface area contributed by atoms with Crippen LogP contribution in [0.2, 0.25) is 0 Å². The molecule has 2 aromatic rings. The van der Waals surface area contributed by atoms with Crippen LogP contribution >= 0.6 is 0 Å². The van der Waals surface area contributed by atoms with E-state index in [-0.39, 0.29) is 0 Å². The van der Waals surface area contributed by atoms with Gasteiger partial charge < -0.3 is 10.5 Å². The van der Waals surface area contributed by atoms with E-state index in [9.17, 15) is 0 Å². The Balaban J connectivity index is 1.98. The minimum atomic E-state index is 0.758. The monoisotopic (exact) mass is 255 g/mol. The van der Waals surface area contributed by atoms with E-state index in [0.29, 0.717) is 0 Å². The summed E-state index contributed by atoms with van der Waals surface area (Å²) in [6.45, 7) is 0.758. The maximum absolute atomic E-state index is 5.52. The van der Waals surface area contributed by atoms with Crippen molar-refractivity contribution in [2.45, 2.75) is 19.3 Å². The molecule has 0 aliphatic heterocycles. The van der Waals surface area contributed by atoms with Gasteiger partial charge in [-0.2, -0.15) is 0 Å². The standard InChI is InChI=1S/C17H21NO/c1-19-17-10-8-16(9-11-17)13-15-6-4-14(5-7-15)3-2-12-18/h4-11H,2-3,12-13,18H2,1H3. The smallest absolute Gasteiger partial charge is 0.118 e. The molecule has 2 aromatic carbocycles. The van der Waals surface area contributed by atoms with Gasteiger partial charge in [0.25, 0.3) is 0 Å². The highest BCUT2D eigenvalue weighted by atomic mass is 16.5. The average Bonchev–Trinajstić information content (AvgIpc) is 2.47. The molecular weight excluding hydrogens is 234 g/mol. The molecule has 2 rings (SSSR count). The van der Waals surface area contributed by atoms with Crippen LogP contribution in [0.15, 0.2) is 48.5 Å². The number of aryl methyl sites for hydroxylation is 1. The number of nitrogens with two attached hydrogens (primary N) is 1. The Labute approximate surface area is 115 Å². The van der Waals surface area contributed by atoms with Crippen LogP contribution in [0.1, 0.15) is 23.1 Å². The molecule has 0 heterocycles. The summed E-state index contributed by atoms with van der Waals surface area (Å²) in [5.41, 5.74) is 9.52. The van der Waals surface area contributed by atoms with Gasteiger partial charge in [-0.15, -0.1) is 0 Å². The van der Waals surface area contributed by atoms with Crippen molar-refractivity contribution < 1.29 is 4.74 Å². The first-order valence-electron chi connectivity index (χ1n) is 6.72. The van der Waals surface area contributed by atoms with E-state index in [1.165, 1.54) is 16.7 Å². The summed E-state index contributed by atoms with van der Waals surface area (Å²) >= 11 is 0. The molecule has 0 spiro atoms. The number of benzene rings is 2. The highest BCUT2D eigenvalue weighted by Gasteiger charge is 1.98. The molecule has 2 nitrogen and oxygen atoms in total.